The Hall–Kier alpha value is -2.58. The van der Waals surface area contributed by atoms with E-state index < -0.39 is 15.7 Å². The van der Waals surface area contributed by atoms with E-state index in [0.717, 1.165) is 16.9 Å². The van der Waals surface area contributed by atoms with Gasteiger partial charge in [-0.15, -0.1) is 0 Å². The topological polar surface area (TPSA) is 84.9 Å². The summed E-state index contributed by atoms with van der Waals surface area (Å²) < 4.78 is 35.4. The number of nitrogens with zero attached hydrogens (tertiary/aromatic N) is 1. The third-order valence-electron chi connectivity index (χ3n) is 5.39. The van der Waals surface area contributed by atoms with Crippen LogP contribution in [0.1, 0.15) is 17.5 Å². The minimum Gasteiger partial charge on any atom is -0.497 e. The first-order valence-electron chi connectivity index (χ1n) is 9.36. The molecule has 1 aliphatic heterocycles. The van der Waals surface area contributed by atoms with Gasteiger partial charge in [0.2, 0.25) is 0 Å². The number of rotatable bonds is 8. The van der Waals surface area contributed by atoms with Gasteiger partial charge in [0.25, 0.3) is 10.1 Å². The molecule has 156 valence electrons. The van der Waals surface area contributed by atoms with Crippen molar-refractivity contribution in [2.24, 2.45) is 0 Å². The Kier molecular flexibility index (Phi) is 6.14. The lowest BCUT2D eigenvalue weighted by Gasteiger charge is -2.34. The lowest BCUT2D eigenvalue weighted by atomic mass is 9.87. The minimum absolute atomic E-state index is 0.0222. The Morgan fingerprint density at radius 1 is 1.10 bits per heavy atom. The molecule has 7 nitrogen and oxygen atoms in total. The van der Waals surface area contributed by atoms with Crippen LogP contribution in [0, 0.1) is 6.92 Å². The first-order valence-corrected chi connectivity index (χ1v) is 10.8. The van der Waals surface area contributed by atoms with Crippen LogP contribution in [0.3, 0.4) is 0 Å². The number of hydrogen-bond acceptors (Lipinski definition) is 5. The van der Waals surface area contributed by atoms with Gasteiger partial charge in [0.15, 0.2) is 0 Å². The summed E-state index contributed by atoms with van der Waals surface area (Å²) in [5.74, 6) is 0.754. The number of ether oxygens (including phenoxy) is 1. The Bertz CT molecular complexity index is 958. The number of carbonyl (C=O) groups excluding carboxylic acids is 1. The fraction of sp³-hybridized carbons (Fsp3) is 0.381. The number of aryl methyl sites for hydroxylation is 1. The van der Waals surface area contributed by atoms with E-state index in [1.165, 1.54) is 12.1 Å². The third kappa shape index (κ3) is 4.71. The normalized spacial score (nSPS) is 19.3. The van der Waals surface area contributed by atoms with E-state index in [2.05, 4.69) is 5.32 Å². The number of carbonyl (C=O) groups is 1. The van der Waals surface area contributed by atoms with Crippen molar-refractivity contribution < 1.29 is 22.1 Å². The zero-order valence-electron chi connectivity index (χ0n) is 16.8. The fourth-order valence-electron chi connectivity index (χ4n) is 3.46. The molecule has 1 unspecified atom stereocenters. The molecule has 2 aromatic rings. The molecule has 0 spiro atoms. The predicted molar refractivity (Wildman–Crippen MR) is 110 cm³/mol. The van der Waals surface area contributed by atoms with Crippen molar-refractivity contribution in [1.82, 2.24) is 10.2 Å². The molecule has 1 saturated heterocycles. The highest BCUT2D eigenvalue weighted by Crippen LogP contribution is 2.29. The monoisotopic (exact) mass is 418 g/mol. The molecule has 0 saturated carbocycles. The molecular weight excluding hydrogens is 392 g/mol. The van der Waals surface area contributed by atoms with Crippen molar-refractivity contribution >= 4 is 16.1 Å². The van der Waals surface area contributed by atoms with Crippen LogP contribution in [-0.4, -0.2) is 52.2 Å². The lowest BCUT2D eigenvalue weighted by molar-refractivity contribution is 0.150. The van der Waals surface area contributed by atoms with Gasteiger partial charge >= 0.3 is 6.03 Å². The number of benzene rings is 2. The van der Waals surface area contributed by atoms with E-state index >= 15 is 0 Å². The average Bonchev–Trinajstić information content (AvgIpc) is 2.97. The van der Waals surface area contributed by atoms with Crippen molar-refractivity contribution in [3.63, 3.8) is 0 Å². The number of hydrogen-bond donors (Lipinski definition) is 1. The molecule has 0 aromatic heterocycles. The molecule has 0 bridgehead atoms. The second-order valence-corrected chi connectivity index (χ2v) is 8.92. The number of urea groups is 1. The summed E-state index contributed by atoms with van der Waals surface area (Å²) in [7, 11) is -0.519. The van der Waals surface area contributed by atoms with E-state index in [1.807, 2.05) is 31.2 Å². The number of amides is 2. The Labute approximate surface area is 171 Å². The van der Waals surface area contributed by atoms with Crippen LogP contribution in [0.4, 0.5) is 4.79 Å². The highest BCUT2D eigenvalue weighted by molar-refractivity contribution is 7.86. The van der Waals surface area contributed by atoms with Crippen LogP contribution in [0.5, 0.6) is 5.75 Å². The molecule has 3 rings (SSSR count). The SMILES string of the molecule is COc1ccc(CC2(CCOS(=O)(=O)c3ccc(C)cc3)CNC(=O)N2C)cc1. The van der Waals surface area contributed by atoms with Gasteiger partial charge in [-0.1, -0.05) is 29.8 Å². The molecule has 2 amide bonds. The van der Waals surface area contributed by atoms with Gasteiger partial charge in [0.05, 0.1) is 24.2 Å². The van der Waals surface area contributed by atoms with E-state index in [-0.39, 0.29) is 17.5 Å². The van der Waals surface area contributed by atoms with Gasteiger partial charge < -0.3 is 15.0 Å². The highest BCUT2D eigenvalue weighted by Gasteiger charge is 2.43. The van der Waals surface area contributed by atoms with Crippen molar-refractivity contribution in [3.8, 4) is 5.75 Å². The van der Waals surface area contributed by atoms with E-state index in [1.54, 1.807) is 31.2 Å². The standard InChI is InChI=1S/C21H26N2O5S/c1-16-4-10-19(11-5-16)29(25,26)28-13-12-21(15-22-20(24)23(21)2)14-17-6-8-18(27-3)9-7-17/h4-11H,12-15H2,1-3H3,(H,22,24). The minimum atomic E-state index is -3.85. The Morgan fingerprint density at radius 2 is 1.76 bits per heavy atom. The number of methoxy groups -OCH3 is 1. The predicted octanol–water partition coefficient (Wildman–Crippen LogP) is 2.74. The van der Waals surface area contributed by atoms with Crippen LogP contribution in [0.25, 0.3) is 0 Å². The second-order valence-electron chi connectivity index (χ2n) is 7.31. The molecule has 1 fully saturated rings. The van der Waals surface area contributed by atoms with Gasteiger partial charge in [-0.05, 0) is 49.6 Å². The smallest absolute Gasteiger partial charge is 0.317 e. The van der Waals surface area contributed by atoms with Gasteiger partial charge in [0.1, 0.15) is 5.75 Å². The van der Waals surface area contributed by atoms with Gasteiger partial charge in [-0.3, -0.25) is 4.18 Å². The lowest BCUT2D eigenvalue weighted by Crippen LogP contribution is -2.47. The summed E-state index contributed by atoms with van der Waals surface area (Å²) in [5.41, 5.74) is 1.42. The van der Waals surface area contributed by atoms with Crippen LogP contribution in [0.15, 0.2) is 53.4 Å². The average molecular weight is 419 g/mol. The molecule has 1 atom stereocenters. The summed E-state index contributed by atoms with van der Waals surface area (Å²) in [4.78, 5) is 13.9. The maximum atomic E-state index is 12.5. The van der Waals surface area contributed by atoms with Gasteiger partial charge in [-0.2, -0.15) is 8.42 Å². The zero-order valence-corrected chi connectivity index (χ0v) is 17.7. The molecule has 1 aliphatic rings. The summed E-state index contributed by atoms with van der Waals surface area (Å²) in [6.45, 7) is 2.29. The van der Waals surface area contributed by atoms with Gasteiger partial charge in [-0.25, -0.2) is 4.79 Å². The van der Waals surface area contributed by atoms with E-state index in [4.69, 9.17) is 8.92 Å². The summed E-state index contributed by atoms with van der Waals surface area (Å²) in [5, 5.41) is 2.85. The number of likely N-dealkylation sites (N-methyl/N-ethyl adjacent to an activating group) is 1. The molecular formula is C21H26N2O5S. The van der Waals surface area contributed by atoms with Crippen LogP contribution in [0.2, 0.25) is 0 Å². The summed E-state index contributed by atoms with van der Waals surface area (Å²) >= 11 is 0. The van der Waals surface area contributed by atoms with Crippen molar-refractivity contribution in [2.75, 3.05) is 27.3 Å². The quantitative estimate of drug-likeness (QED) is 0.667. The van der Waals surface area contributed by atoms with Crippen LogP contribution in [-0.2, 0) is 20.7 Å². The van der Waals surface area contributed by atoms with Gasteiger partial charge in [0, 0.05) is 13.6 Å². The highest BCUT2D eigenvalue weighted by atomic mass is 32.2. The molecule has 2 aromatic carbocycles. The third-order valence-corrected chi connectivity index (χ3v) is 6.72. The molecule has 8 heteroatoms. The Balaban J connectivity index is 1.72. The summed E-state index contributed by atoms with van der Waals surface area (Å²) in [6, 6.07) is 14.0. The molecule has 1 N–H and O–H groups in total. The first kappa shape index (κ1) is 21.1. The van der Waals surface area contributed by atoms with E-state index in [0.29, 0.717) is 19.4 Å². The molecule has 0 radical (unpaired) electrons. The van der Waals surface area contributed by atoms with Crippen LogP contribution >= 0.6 is 0 Å². The molecule has 1 heterocycles. The van der Waals surface area contributed by atoms with Crippen molar-refractivity contribution in [1.29, 1.82) is 0 Å². The molecule has 0 aliphatic carbocycles. The largest absolute Gasteiger partial charge is 0.497 e. The maximum Gasteiger partial charge on any atom is 0.317 e. The maximum absolute atomic E-state index is 12.5. The fourth-order valence-corrected chi connectivity index (χ4v) is 4.36. The zero-order chi connectivity index (χ0) is 21.1. The van der Waals surface area contributed by atoms with E-state index in [9.17, 15) is 13.2 Å². The van der Waals surface area contributed by atoms with Crippen LogP contribution < -0.4 is 10.1 Å². The second kappa shape index (κ2) is 8.42. The Morgan fingerprint density at radius 3 is 2.31 bits per heavy atom. The molecule has 29 heavy (non-hydrogen) atoms. The number of nitrogens with one attached hydrogen (secondary N) is 1. The van der Waals surface area contributed by atoms with Crippen molar-refractivity contribution in [2.45, 2.75) is 30.2 Å². The summed E-state index contributed by atoms with van der Waals surface area (Å²) in [6.07, 6.45) is 0.944. The first-order chi connectivity index (χ1) is 13.8. The van der Waals surface area contributed by atoms with Crippen molar-refractivity contribution in [3.05, 3.63) is 59.7 Å².